The van der Waals surface area contributed by atoms with Crippen LogP contribution in [0.1, 0.15) is 38.0 Å². The van der Waals surface area contributed by atoms with Gasteiger partial charge in [-0.05, 0) is 62.4 Å². The molecule has 1 nitrogen and oxygen atoms in total. The van der Waals surface area contributed by atoms with Crippen LogP contribution in [0.25, 0.3) is 0 Å². The van der Waals surface area contributed by atoms with Crippen LogP contribution in [-0.4, -0.2) is 0 Å². The van der Waals surface area contributed by atoms with Crippen LogP contribution in [0.2, 0.25) is 0 Å². The van der Waals surface area contributed by atoms with E-state index in [0.717, 1.165) is 6.42 Å². The minimum atomic E-state index is 0.108. The number of hydrogen-bond donors (Lipinski definition) is 1. The maximum absolute atomic E-state index is 6.34. The molecule has 2 rings (SSSR count). The predicted octanol–water partition coefficient (Wildman–Crippen LogP) is 4.22. The lowest BCUT2D eigenvalue weighted by molar-refractivity contribution is 0.720. The summed E-state index contributed by atoms with van der Waals surface area (Å²) in [5, 5.41) is 0. The highest BCUT2D eigenvalue weighted by Gasteiger charge is 2.12. The number of nitrogens with two attached hydrogens (primary N) is 1. The van der Waals surface area contributed by atoms with Crippen molar-refractivity contribution in [2.24, 2.45) is 5.73 Å². The highest BCUT2D eigenvalue weighted by Crippen LogP contribution is 2.27. The van der Waals surface area contributed by atoms with Gasteiger partial charge in [-0.15, -0.1) is 11.3 Å². The summed E-state index contributed by atoms with van der Waals surface area (Å²) < 4.78 is 0. The molecule has 0 aliphatic heterocycles. The van der Waals surface area contributed by atoms with Gasteiger partial charge in [-0.25, -0.2) is 0 Å². The van der Waals surface area contributed by atoms with Gasteiger partial charge in [0.05, 0.1) is 0 Å². The molecule has 2 heteroatoms. The molecule has 2 aromatic rings. The molecule has 0 bridgehead atoms. The van der Waals surface area contributed by atoms with Crippen molar-refractivity contribution in [3.63, 3.8) is 0 Å². The number of thiophene rings is 1. The molecular weight excluding hydrogens is 238 g/mol. The summed E-state index contributed by atoms with van der Waals surface area (Å²) in [4.78, 5) is 2.70. The van der Waals surface area contributed by atoms with Crippen LogP contribution in [-0.2, 0) is 6.42 Å². The Morgan fingerprint density at radius 1 is 1.06 bits per heavy atom. The summed E-state index contributed by atoms with van der Waals surface area (Å²) in [7, 11) is 0. The molecule has 18 heavy (non-hydrogen) atoms. The second-order valence-electron chi connectivity index (χ2n) is 5.10. The third kappa shape index (κ3) is 2.82. The molecule has 0 radical (unpaired) electrons. The summed E-state index contributed by atoms with van der Waals surface area (Å²) in [6.45, 7) is 8.60. The molecule has 0 amide bonds. The lowest BCUT2D eigenvalue weighted by atomic mass is 9.97. The van der Waals surface area contributed by atoms with Gasteiger partial charge in [0.2, 0.25) is 0 Å². The fourth-order valence-electron chi connectivity index (χ4n) is 2.31. The second-order valence-corrected chi connectivity index (χ2v) is 6.56. The quantitative estimate of drug-likeness (QED) is 0.877. The van der Waals surface area contributed by atoms with Crippen LogP contribution in [0.5, 0.6) is 0 Å². The molecule has 0 fully saturated rings. The van der Waals surface area contributed by atoms with Gasteiger partial charge in [0.25, 0.3) is 0 Å². The van der Waals surface area contributed by atoms with Gasteiger partial charge < -0.3 is 5.73 Å². The average molecular weight is 259 g/mol. The summed E-state index contributed by atoms with van der Waals surface area (Å²) >= 11 is 1.83. The summed E-state index contributed by atoms with van der Waals surface area (Å²) in [5.74, 6) is 0. The Bertz CT molecular complexity index is 554. The lowest BCUT2D eigenvalue weighted by Gasteiger charge is -2.13. The minimum Gasteiger partial charge on any atom is -0.324 e. The number of benzene rings is 1. The van der Waals surface area contributed by atoms with Crippen LogP contribution >= 0.6 is 11.3 Å². The lowest BCUT2D eigenvalue weighted by Crippen LogP contribution is -2.13. The first-order valence-corrected chi connectivity index (χ1v) is 7.17. The number of aryl methyl sites for hydroxylation is 4. The molecule has 1 heterocycles. The molecule has 1 unspecified atom stereocenters. The Morgan fingerprint density at radius 2 is 1.78 bits per heavy atom. The van der Waals surface area contributed by atoms with E-state index in [-0.39, 0.29) is 6.04 Å². The normalized spacial score (nSPS) is 12.7. The second kappa shape index (κ2) is 5.25. The Labute approximate surface area is 114 Å². The van der Waals surface area contributed by atoms with E-state index in [9.17, 15) is 0 Å². The van der Waals surface area contributed by atoms with Gasteiger partial charge in [0.15, 0.2) is 0 Å². The SMILES string of the molecule is Cc1cc(C(N)Cc2ccc(C)c(C)c2)c(C)s1. The smallest absolute Gasteiger partial charge is 0.0346 e. The van der Waals surface area contributed by atoms with Gasteiger partial charge in [-0.1, -0.05) is 18.2 Å². The standard InChI is InChI=1S/C16H21NS/c1-10-5-6-14(7-11(10)2)9-16(17)15-8-12(3)18-13(15)4/h5-8,16H,9,17H2,1-4H3. The van der Waals surface area contributed by atoms with Crippen LogP contribution in [0.15, 0.2) is 24.3 Å². The molecule has 1 aromatic heterocycles. The van der Waals surface area contributed by atoms with Crippen LogP contribution in [0.3, 0.4) is 0 Å². The van der Waals surface area contributed by atoms with Crippen molar-refractivity contribution in [1.82, 2.24) is 0 Å². The van der Waals surface area contributed by atoms with Gasteiger partial charge in [0.1, 0.15) is 0 Å². The van der Waals surface area contributed by atoms with E-state index < -0.39 is 0 Å². The summed E-state index contributed by atoms with van der Waals surface area (Å²) in [6, 6.07) is 8.96. The average Bonchev–Trinajstić information content (AvgIpc) is 2.63. The van der Waals surface area contributed by atoms with E-state index >= 15 is 0 Å². The molecule has 0 aliphatic rings. The van der Waals surface area contributed by atoms with E-state index in [4.69, 9.17) is 5.73 Å². The molecule has 0 saturated heterocycles. The maximum Gasteiger partial charge on any atom is 0.0346 e. The van der Waals surface area contributed by atoms with E-state index in [1.807, 2.05) is 11.3 Å². The Morgan fingerprint density at radius 3 is 2.33 bits per heavy atom. The van der Waals surface area contributed by atoms with Crippen molar-refractivity contribution in [3.05, 3.63) is 56.3 Å². The van der Waals surface area contributed by atoms with E-state index in [0.29, 0.717) is 0 Å². The van der Waals surface area contributed by atoms with Crippen molar-refractivity contribution in [1.29, 1.82) is 0 Å². The fourth-order valence-corrected chi connectivity index (χ4v) is 3.31. The predicted molar refractivity (Wildman–Crippen MR) is 80.3 cm³/mol. The first-order chi connectivity index (χ1) is 8.47. The highest BCUT2D eigenvalue weighted by atomic mass is 32.1. The Kier molecular flexibility index (Phi) is 3.88. The molecule has 1 atom stereocenters. The first-order valence-electron chi connectivity index (χ1n) is 6.36. The van der Waals surface area contributed by atoms with Crippen molar-refractivity contribution in [2.75, 3.05) is 0 Å². The van der Waals surface area contributed by atoms with Crippen molar-refractivity contribution in [3.8, 4) is 0 Å². The molecule has 0 spiro atoms. The van der Waals surface area contributed by atoms with Crippen LogP contribution in [0.4, 0.5) is 0 Å². The largest absolute Gasteiger partial charge is 0.324 e. The monoisotopic (exact) mass is 259 g/mol. The van der Waals surface area contributed by atoms with Gasteiger partial charge >= 0.3 is 0 Å². The number of hydrogen-bond acceptors (Lipinski definition) is 2. The topological polar surface area (TPSA) is 26.0 Å². The zero-order valence-corrected chi connectivity index (χ0v) is 12.4. The number of rotatable bonds is 3. The Balaban J connectivity index is 2.18. The highest BCUT2D eigenvalue weighted by molar-refractivity contribution is 7.12. The maximum atomic E-state index is 6.34. The third-order valence-electron chi connectivity index (χ3n) is 3.51. The molecule has 1 aromatic carbocycles. The third-order valence-corrected chi connectivity index (χ3v) is 4.49. The molecule has 0 aliphatic carbocycles. The van der Waals surface area contributed by atoms with E-state index in [1.165, 1.54) is 32.0 Å². The molecular formula is C16H21NS. The summed E-state index contributed by atoms with van der Waals surface area (Å²) in [5.41, 5.74) is 11.7. The molecule has 2 N–H and O–H groups in total. The fraction of sp³-hybridized carbons (Fsp3) is 0.375. The van der Waals surface area contributed by atoms with Crippen LogP contribution < -0.4 is 5.73 Å². The van der Waals surface area contributed by atoms with Crippen molar-refractivity contribution < 1.29 is 0 Å². The zero-order chi connectivity index (χ0) is 13.3. The minimum absolute atomic E-state index is 0.108. The van der Waals surface area contributed by atoms with Crippen molar-refractivity contribution >= 4 is 11.3 Å². The van der Waals surface area contributed by atoms with Crippen LogP contribution in [0, 0.1) is 27.7 Å². The van der Waals surface area contributed by atoms with E-state index in [2.05, 4.69) is 52.0 Å². The zero-order valence-electron chi connectivity index (χ0n) is 11.6. The molecule has 96 valence electrons. The van der Waals surface area contributed by atoms with Crippen molar-refractivity contribution in [2.45, 2.75) is 40.2 Å². The van der Waals surface area contributed by atoms with Gasteiger partial charge in [-0.2, -0.15) is 0 Å². The Hall–Kier alpha value is -1.12. The van der Waals surface area contributed by atoms with Gasteiger partial charge in [-0.3, -0.25) is 0 Å². The first kappa shape index (κ1) is 13.3. The van der Waals surface area contributed by atoms with Gasteiger partial charge in [0, 0.05) is 15.8 Å². The summed E-state index contributed by atoms with van der Waals surface area (Å²) in [6.07, 6.45) is 0.915. The van der Waals surface area contributed by atoms with E-state index in [1.54, 1.807) is 0 Å². The molecule has 0 saturated carbocycles.